The van der Waals surface area contributed by atoms with Gasteiger partial charge in [0.05, 0.1) is 21.8 Å². The van der Waals surface area contributed by atoms with Crippen LogP contribution >= 0.6 is 35.0 Å². The van der Waals surface area contributed by atoms with Crippen molar-refractivity contribution in [2.24, 2.45) is 0 Å². The first-order valence-corrected chi connectivity index (χ1v) is 8.27. The molecular formula is C13H17Cl2N3OS. The second kappa shape index (κ2) is 6.89. The SMILES string of the molecule is CC(C(=O)Nc1c(Cl)cc(N)cc1Cl)N1CCSCC1. The maximum absolute atomic E-state index is 12.3. The number of carbonyl (C=O) groups is 1. The Balaban J connectivity index is 2.07. The summed E-state index contributed by atoms with van der Waals surface area (Å²) in [6, 6.07) is 2.94. The van der Waals surface area contributed by atoms with Crippen LogP contribution in [0.4, 0.5) is 11.4 Å². The van der Waals surface area contributed by atoms with Crippen LogP contribution in [0.2, 0.25) is 10.0 Å². The predicted octanol–water partition coefficient (Wildman–Crippen LogP) is 2.95. The first kappa shape index (κ1) is 15.8. The van der Waals surface area contributed by atoms with Crippen LogP contribution in [0.3, 0.4) is 0 Å². The molecule has 1 atom stereocenters. The molecule has 1 heterocycles. The molecular weight excluding hydrogens is 317 g/mol. The highest BCUT2D eigenvalue weighted by Gasteiger charge is 2.24. The largest absolute Gasteiger partial charge is 0.399 e. The minimum absolute atomic E-state index is 0.106. The summed E-state index contributed by atoms with van der Waals surface area (Å²) in [6.45, 7) is 3.73. The standard InChI is InChI=1S/C13H17Cl2N3OS/c1-8(18-2-4-20-5-3-18)13(19)17-12-10(14)6-9(16)7-11(12)15/h6-8H,2-5,16H2,1H3,(H,17,19). The summed E-state index contributed by atoms with van der Waals surface area (Å²) in [5, 5.41) is 3.50. The second-order valence-corrected chi connectivity index (χ2v) is 6.71. The summed E-state index contributed by atoms with van der Waals surface area (Å²) in [6.07, 6.45) is 0. The highest BCUT2D eigenvalue weighted by atomic mass is 35.5. The van der Waals surface area contributed by atoms with Crippen LogP contribution in [0.1, 0.15) is 6.92 Å². The molecule has 110 valence electrons. The average molecular weight is 334 g/mol. The highest BCUT2D eigenvalue weighted by molar-refractivity contribution is 7.99. The number of hydrogen-bond donors (Lipinski definition) is 2. The van der Waals surface area contributed by atoms with Crippen LogP contribution in [-0.4, -0.2) is 41.4 Å². The molecule has 0 aromatic heterocycles. The normalized spacial score (nSPS) is 17.8. The lowest BCUT2D eigenvalue weighted by molar-refractivity contribution is -0.120. The Hall–Kier alpha value is -0.620. The zero-order chi connectivity index (χ0) is 14.7. The number of nitrogens with two attached hydrogens (primary N) is 1. The minimum atomic E-state index is -0.208. The third kappa shape index (κ3) is 3.73. The van der Waals surface area contributed by atoms with Crippen molar-refractivity contribution in [2.45, 2.75) is 13.0 Å². The van der Waals surface area contributed by atoms with Gasteiger partial charge >= 0.3 is 0 Å². The topological polar surface area (TPSA) is 58.4 Å². The molecule has 1 saturated heterocycles. The Morgan fingerprint density at radius 3 is 2.45 bits per heavy atom. The molecule has 7 heteroatoms. The monoisotopic (exact) mass is 333 g/mol. The number of amides is 1. The van der Waals surface area contributed by atoms with E-state index in [0.29, 0.717) is 21.4 Å². The number of hydrogen-bond acceptors (Lipinski definition) is 4. The van der Waals surface area contributed by atoms with E-state index in [4.69, 9.17) is 28.9 Å². The molecule has 1 aromatic rings. The quantitative estimate of drug-likeness (QED) is 0.835. The summed E-state index contributed by atoms with van der Waals surface area (Å²) >= 11 is 14.1. The van der Waals surface area contributed by atoms with Crippen molar-refractivity contribution < 1.29 is 4.79 Å². The number of halogens is 2. The van der Waals surface area contributed by atoms with Gasteiger partial charge in [0.15, 0.2) is 0 Å². The molecule has 4 nitrogen and oxygen atoms in total. The Kier molecular flexibility index (Phi) is 5.43. The summed E-state index contributed by atoms with van der Waals surface area (Å²) in [4.78, 5) is 14.5. The van der Waals surface area contributed by atoms with Gasteiger partial charge in [-0.2, -0.15) is 11.8 Å². The van der Waals surface area contributed by atoms with E-state index in [-0.39, 0.29) is 11.9 Å². The Labute approximate surface area is 133 Å². The van der Waals surface area contributed by atoms with Gasteiger partial charge in [0, 0.05) is 30.3 Å². The van der Waals surface area contributed by atoms with Crippen LogP contribution in [-0.2, 0) is 4.79 Å². The van der Waals surface area contributed by atoms with Crippen molar-refractivity contribution in [3.8, 4) is 0 Å². The van der Waals surface area contributed by atoms with Gasteiger partial charge in [0.25, 0.3) is 0 Å². The minimum Gasteiger partial charge on any atom is -0.399 e. The van der Waals surface area contributed by atoms with Crippen molar-refractivity contribution >= 4 is 52.2 Å². The number of nitrogen functional groups attached to an aromatic ring is 1. The fourth-order valence-electron chi connectivity index (χ4n) is 2.07. The summed E-state index contributed by atoms with van der Waals surface area (Å²) in [5.41, 5.74) is 6.54. The molecule has 1 unspecified atom stereocenters. The van der Waals surface area contributed by atoms with Crippen LogP contribution in [0.5, 0.6) is 0 Å². The number of nitrogens with zero attached hydrogens (tertiary/aromatic N) is 1. The zero-order valence-electron chi connectivity index (χ0n) is 11.2. The van der Waals surface area contributed by atoms with Crippen LogP contribution in [0.25, 0.3) is 0 Å². The number of benzene rings is 1. The predicted molar refractivity (Wildman–Crippen MR) is 87.9 cm³/mol. The maximum Gasteiger partial charge on any atom is 0.241 e. The Morgan fingerprint density at radius 1 is 1.35 bits per heavy atom. The lowest BCUT2D eigenvalue weighted by atomic mass is 10.2. The number of carbonyl (C=O) groups excluding carboxylic acids is 1. The molecule has 0 saturated carbocycles. The van der Waals surface area contributed by atoms with Gasteiger partial charge in [-0.1, -0.05) is 23.2 Å². The molecule has 3 N–H and O–H groups in total. The number of anilines is 2. The summed E-state index contributed by atoms with van der Waals surface area (Å²) in [7, 11) is 0. The first-order valence-electron chi connectivity index (χ1n) is 6.36. The van der Waals surface area contributed by atoms with Gasteiger partial charge in [-0.15, -0.1) is 0 Å². The van der Waals surface area contributed by atoms with E-state index in [0.717, 1.165) is 24.6 Å². The molecule has 1 aliphatic rings. The molecule has 0 radical (unpaired) electrons. The molecule has 0 aliphatic carbocycles. The van der Waals surface area contributed by atoms with E-state index in [1.807, 2.05) is 18.7 Å². The molecule has 1 aromatic carbocycles. The molecule has 1 aliphatic heterocycles. The maximum atomic E-state index is 12.3. The lowest BCUT2D eigenvalue weighted by Crippen LogP contribution is -2.46. The van der Waals surface area contributed by atoms with E-state index in [1.165, 1.54) is 0 Å². The van der Waals surface area contributed by atoms with Crippen molar-refractivity contribution in [2.75, 3.05) is 35.6 Å². The van der Waals surface area contributed by atoms with E-state index in [2.05, 4.69) is 10.2 Å². The van der Waals surface area contributed by atoms with Gasteiger partial charge in [-0.25, -0.2) is 0 Å². The van der Waals surface area contributed by atoms with E-state index in [1.54, 1.807) is 12.1 Å². The smallest absolute Gasteiger partial charge is 0.241 e. The van der Waals surface area contributed by atoms with E-state index >= 15 is 0 Å². The van der Waals surface area contributed by atoms with Gasteiger partial charge in [-0.05, 0) is 19.1 Å². The Bertz CT molecular complexity index is 483. The second-order valence-electron chi connectivity index (χ2n) is 4.67. The average Bonchev–Trinajstić information content (AvgIpc) is 2.42. The first-order chi connectivity index (χ1) is 9.49. The third-order valence-electron chi connectivity index (χ3n) is 3.29. The van der Waals surface area contributed by atoms with Gasteiger partial charge in [0.2, 0.25) is 5.91 Å². The van der Waals surface area contributed by atoms with Crippen molar-refractivity contribution in [3.05, 3.63) is 22.2 Å². The fraction of sp³-hybridized carbons (Fsp3) is 0.462. The zero-order valence-corrected chi connectivity index (χ0v) is 13.5. The molecule has 20 heavy (non-hydrogen) atoms. The van der Waals surface area contributed by atoms with Crippen molar-refractivity contribution in [1.82, 2.24) is 4.90 Å². The van der Waals surface area contributed by atoms with Gasteiger partial charge < -0.3 is 11.1 Å². The highest BCUT2D eigenvalue weighted by Crippen LogP contribution is 2.33. The third-order valence-corrected chi connectivity index (χ3v) is 4.82. The van der Waals surface area contributed by atoms with Crippen molar-refractivity contribution in [1.29, 1.82) is 0 Å². The molecule has 2 rings (SSSR count). The lowest BCUT2D eigenvalue weighted by Gasteiger charge is -2.31. The van der Waals surface area contributed by atoms with Crippen LogP contribution in [0, 0.1) is 0 Å². The molecule has 0 spiro atoms. The fourth-order valence-corrected chi connectivity index (χ4v) is 3.60. The molecule has 1 fully saturated rings. The van der Waals surface area contributed by atoms with Crippen LogP contribution in [0.15, 0.2) is 12.1 Å². The van der Waals surface area contributed by atoms with E-state index in [9.17, 15) is 4.79 Å². The number of nitrogens with one attached hydrogen (secondary N) is 1. The van der Waals surface area contributed by atoms with Gasteiger partial charge in [-0.3, -0.25) is 9.69 Å². The molecule has 0 bridgehead atoms. The summed E-state index contributed by atoms with van der Waals surface area (Å²) < 4.78 is 0. The van der Waals surface area contributed by atoms with E-state index < -0.39 is 0 Å². The number of thioether (sulfide) groups is 1. The Morgan fingerprint density at radius 2 is 1.90 bits per heavy atom. The summed E-state index contributed by atoms with van der Waals surface area (Å²) in [5.74, 6) is 2.01. The van der Waals surface area contributed by atoms with Gasteiger partial charge in [0.1, 0.15) is 0 Å². The van der Waals surface area contributed by atoms with Crippen LogP contribution < -0.4 is 11.1 Å². The molecule has 1 amide bonds. The van der Waals surface area contributed by atoms with Crippen molar-refractivity contribution in [3.63, 3.8) is 0 Å². The number of rotatable bonds is 3.